The third-order valence-corrected chi connectivity index (χ3v) is 6.32. The zero-order chi connectivity index (χ0) is 19.4. The van der Waals surface area contributed by atoms with Gasteiger partial charge in [0.25, 0.3) is 5.69 Å². The molecule has 1 unspecified atom stereocenters. The summed E-state index contributed by atoms with van der Waals surface area (Å²) in [7, 11) is 1.97. The van der Waals surface area contributed by atoms with Crippen molar-refractivity contribution in [1.82, 2.24) is 4.90 Å². The van der Waals surface area contributed by atoms with Gasteiger partial charge < -0.3 is 4.90 Å². The van der Waals surface area contributed by atoms with Gasteiger partial charge in [-0.05, 0) is 25.0 Å². The number of carbonyl (C=O) groups is 1. The number of amides is 1. The third-order valence-electron chi connectivity index (χ3n) is 5.20. The Kier molecular flexibility index (Phi) is 6.36. The van der Waals surface area contributed by atoms with Gasteiger partial charge in [-0.3, -0.25) is 24.8 Å². The number of non-ortho nitro benzene ring substituents is 1. The summed E-state index contributed by atoms with van der Waals surface area (Å²) in [6.07, 6.45) is 7.21. The Bertz CT molecular complexity index is 714. The standard InChI is InChI=1S/C19H26N4O3S/c1-14(24)22(16-9-11-17(12-10-16)23(25)26)18-13-27-19(21(18)2)20-15-7-5-3-4-6-8-15/h9-12,15,18H,3-8,13H2,1-2H3. The Morgan fingerprint density at radius 2 is 1.85 bits per heavy atom. The van der Waals surface area contributed by atoms with Crippen molar-refractivity contribution in [3.05, 3.63) is 34.4 Å². The smallest absolute Gasteiger partial charge is 0.269 e. The molecular weight excluding hydrogens is 364 g/mol. The monoisotopic (exact) mass is 390 g/mol. The van der Waals surface area contributed by atoms with Crippen LogP contribution in [0, 0.1) is 10.1 Å². The summed E-state index contributed by atoms with van der Waals surface area (Å²) in [5.74, 6) is 0.649. The lowest BCUT2D eigenvalue weighted by Gasteiger charge is -2.33. The summed E-state index contributed by atoms with van der Waals surface area (Å²) in [5.41, 5.74) is 0.688. The molecule has 1 aromatic carbocycles. The van der Waals surface area contributed by atoms with Crippen molar-refractivity contribution < 1.29 is 9.72 Å². The number of carbonyl (C=O) groups excluding carboxylic acids is 1. The van der Waals surface area contributed by atoms with Crippen LogP contribution in [-0.2, 0) is 4.79 Å². The number of aliphatic imine (C=N–C) groups is 1. The van der Waals surface area contributed by atoms with E-state index in [1.54, 1.807) is 28.8 Å². The fourth-order valence-electron chi connectivity index (χ4n) is 3.71. The minimum absolute atomic E-state index is 0.0204. The lowest BCUT2D eigenvalue weighted by Crippen LogP contribution is -2.48. The lowest BCUT2D eigenvalue weighted by atomic mass is 10.1. The van der Waals surface area contributed by atoms with Crippen molar-refractivity contribution in [2.75, 3.05) is 17.7 Å². The van der Waals surface area contributed by atoms with Crippen molar-refractivity contribution in [1.29, 1.82) is 0 Å². The number of nitro benzene ring substituents is 1. The van der Waals surface area contributed by atoms with Crippen LogP contribution in [0.4, 0.5) is 11.4 Å². The van der Waals surface area contributed by atoms with Crippen molar-refractivity contribution >= 4 is 34.2 Å². The molecule has 2 fully saturated rings. The number of anilines is 1. The molecule has 0 spiro atoms. The van der Waals surface area contributed by atoms with Gasteiger partial charge in [0.05, 0.1) is 11.0 Å². The molecule has 1 heterocycles. The van der Waals surface area contributed by atoms with Gasteiger partial charge in [0.15, 0.2) is 5.17 Å². The summed E-state index contributed by atoms with van der Waals surface area (Å²) in [4.78, 5) is 31.5. The molecule has 0 N–H and O–H groups in total. The van der Waals surface area contributed by atoms with Gasteiger partial charge in [0.1, 0.15) is 6.17 Å². The molecule has 1 saturated carbocycles. The quantitative estimate of drug-likeness (QED) is 0.440. The van der Waals surface area contributed by atoms with Crippen LogP contribution in [0.15, 0.2) is 29.3 Å². The third kappa shape index (κ3) is 4.61. The molecule has 1 amide bonds. The fraction of sp³-hybridized carbons (Fsp3) is 0.579. The summed E-state index contributed by atoms with van der Waals surface area (Å²) in [6, 6.07) is 6.53. The van der Waals surface area contributed by atoms with E-state index in [1.165, 1.54) is 44.7 Å². The Labute approximate surface area is 164 Å². The highest BCUT2D eigenvalue weighted by Crippen LogP contribution is 2.31. The molecule has 1 aliphatic carbocycles. The van der Waals surface area contributed by atoms with E-state index in [4.69, 9.17) is 4.99 Å². The van der Waals surface area contributed by atoms with E-state index in [0.717, 1.165) is 23.8 Å². The first-order chi connectivity index (χ1) is 13.0. The highest BCUT2D eigenvalue weighted by atomic mass is 32.2. The van der Waals surface area contributed by atoms with Gasteiger partial charge in [0.2, 0.25) is 5.91 Å². The first-order valence-corrected chi connectivity index (χ1v) is 10.4. The van der Waals surface area contributed by atoms with Crippen molar-refractivity contribution in [2.45, 2.75) is 57.7 Å². The van der Waals surface area contributed by atoms with Gasteiger partial charge in [-0.1, -0.05) is 37.4 Å². The van der Waals surface area contributed by atoms with Crippen LogP contribution < -0.4 is 4.90 Å². The maximum absolute atomic E-state index is 12.4. The first kappa shape index (κ1) is 19.7. The molecule has 0 bridgehead atoms. The Morgan fingerprint density at radius 3 is 2.41 bits per heavy atom. The minimum Gasteiger partial charge on any atom is -0.333 e. The molecule has 2 aliphatic rings. The Morgan fingerprint density at radius 1 is 1.22 bits per heavy atom. The second-order valence-corrected chi connectivity index (χ2v) is 8.11. The van der Waals surface area contributed by atoms with Crippen molar-refractivity contribution in [2.24, 2.45) is 4.99 Å². The molecule has 0 aromatic heterocycles. The summed E-state index contributed by atoms with van der Waals surface area (Å²) in [5, 5.41) is 11.9. The van der Waals surface area contributed by atoms with Crippen molar-refractivity contribution in [3.8, 4) is 0 Å². The highest BCUT2D eigenvalue weighted by Gasteiger charge is 2.35. The van der Waals surface area contributed by atoms with E-state index in [0.29, 0.717) is 11.7 Å². The largest absolute Gasteiger partial charge is 0.333 e. The highest BCUT2D eigenvalue weighted by molar-refractivity contribution is 8.14. The predicted molar refractivity (Wildman–Crippen MR) is 109 cm³/mol. The lowest BCUT2D eigenvalue weighted by molar-refractivity contribution is -0.384. The van der Waals surface area contributed by atoms with Crippen LogP contribution in [0.3, 0.4) is 0 Å². The maximum Gasteiger partial charge on any atom is 0.269 e. The first-order valence-electron chi connectivity index (χ1n) is 9.45. The molecule has 27 heavy (non-hydrogen) atoms. The molecule has 1 atom stereocenters. The normalized spacial score (nSPS) is 22.7. The van der Waals surface area contributed by atoms with E-state index in [1.807, 2.05) is 7.05 Å². The van der Waals surface area contributed by atoms with E-state index >= 15 is 0 Å². The van der Waals surface area contributed by atoms with Crippen LogP contribution in [-0.4, -0.2) is 45.9 Å². The minimum atomic E-state index is -0.434. The van der Waals surface area contributed by atoms with E-state index < -0.39 is 4.92 Å². The van der Waals surface area contributed by atoms with Gasteiger partial charge >= 0.3 is 0 Å². The van der Waals surface area contributed by atoms with Crippen LogP contribution >= 0.6 is 11.8 Å². The van der Waals surface area contributed by atoms with Crippen LogP contribution in [0.1, 0.15) is 45.4 Å². The molecule has 1 aromatic rings. The van der Waals surface area contributed by atoms with E-state index in [9.17, 15) is 14.9 Å². The van der Waals surface area contributed by atoms with Gasteiger partial charge in [-0.25, -0.2) is 0 Å². The Balaban J connectivity index is 1.78. The summed E-state index contributed by atoms with van der Waals surface area (Å²) in [6.45, 7) is 1.53. The topological polar surface area (TPSA) is 79.0 Å². The van der Waals surface area contributed by atoms with Gasteiger partial charge in [-0.15, -0.1) is 0 Å². The number of benzene rings is 1. The van der Waals surface area contributed by atoms with E-state index in [-0.39, 0.29) is 17.8 Å². The summed E-state index contributed by atoms with van der Waals surface area (Å²) < 4.78 is 0. The molecule has 146 valence electrons. The van der Waals surface area contributed by atoms with Crippen LogP contribution in [0.2, 0.25) is 0 Å². The van der Waals surface area contributed by atoms with Gasteiger partial charge in [-0.2, -0.15) is 0 Å². The maximum atomic E-state index is 12.4. The average molecular weight is 391 g/mol. The van der Waals surface area contributed by atoms with Gasteiger partial charge in [0, 0.05) is 37.5 Å². The van der Waals surface area contributed by atoms with Crippen LogP contribution in [0.5, 0.6) is 0 Å². The number of nitro groups is 1. The number of thioether (sulfide) groups is 1. The summed E-state index contributed by atoms with van der Waals surface area (Å²) >= 11 is 1.68. The molecule has 7 nitrogen and oxygen atoms in total. The second kappa shape index (κ2) is 8.73. The SMILES string of the molecule is CC(=O)N(c1ccc([N+](=O)[O-])cc1)C1CSC(=NC2CCCCCC2)N1C. The number of nitrogens with zero attached hydrogens (tertiary/aromatic N) is 4. The fourth-order valence-corrected chi connectivity index (χ4v) is 4.93. The zero-order valence-corrected chi connectivity index (χ0v) is 16.7. The average Bonchev–Trinajstić information content (AvgIpc) is 2.85. The number of hydrogen-bond acceptors (Lipinski definition) is 5. The number of rotatable bonds is 4. The van der Waals surface area contributed by atoms with Crippen LogP contribution in [0.25, 0.3) is 0 Å². The molecule has 0 radical (unpaired) electrons. The predicted octanol–water partition coefficient (Wildman–Crippen LogP) is 4.03. The molecular formula is C19H26N4O3S. The molecule has 8 heteroatoms. The van der Waals surface area contributed by atoms with E-state index in [2.05, 4.69) is 4.90 Å². The number of hydrogen-bond donors (Lipinski definition) is 0. The molecule has 3 rings (SSSR count). The Hall–Kier alpha value is -2.09. The van der Waals surface area contributed by atoms with Crippen molar-refractivity contribution in [3.63, 3.8) is 0 Å². The molecule has 1 saturated heterocycles. The zero-order valence-electron chi connectivity index (χ0n) is 15.8. The number of amidine groups is 1. The second-order valence-electron chi connectivity index (χ2n) is 7.12. The molecule has 1 aliphatic heterocycles.